The molecule has 0 fully saturated rings. The van der Waals surface area contributed by atoms with Crippen molar-refractivity contribution in [1.82, 2.24) is 0 Å². The molecule has 0 saturated heterocycles. The third kappa shape index (κ3) is 3.25. The molecule has 0 saturated carbocycles. The standard InChI is InChI=1S/C18H10F2N2O4/c19-15-9-13(5-7-17(15)21(23)24)11-1-2-12(4-3-11)14-6-8-18(22(25)26)16(20)10-14/h1-10H. The zero-order chi connectivity index (χ0) is 18.8. The number of rotatable bonds is 4. The monoisotopic (exact) mass is 356 g/mol. The summed E-state index contributed by atoms with van der Waals surface area (Å²) in [6.45, 7) is 0. The fourth-order valence-electron chi connectivity index (χ4n) is 2.52. The molecule has 0 unspecified atom stereocenters. The van der Waals surface area contributed by atoms with Gasteiger partial charge in [-0.05, 0) is 46.5 Å². The Morgan fingerprint density at radius 2 is 0.885 bits per heavy atom. The van der Waals surface area contributed by atoms with Gasteiger partial charge in [-0.3, -0.25) is 20.2 Å². The number of hydrogen-bond acceptors (Lipinski definition) is 4. The second kappa shape index (κ2) is 6.67. The highest BCUT2D eigenvalue weighted by molar-refractivity contribution is 5.71. The summed E-state index contributed by atoms with van der Waals surface area (Å²) in [5.74, 6) is -1.87. The molecule has 8 heteroatoms. The van der Waals surface area contributed by atoms with Gasteiger partial charge in [0.05, 0.1) is 9.85 Å². The Morgan fingerprint density at radius 3 is 1.15 bits per heavy atom. The molecule has 0 radical (unpaired) electrons. The fourth-order valence-corrected chi connectivity index (χ4v) is 2.52. The van der Waals surface area contributed by atoms with Crippen LogP contribution in [0.4, 0.5) is 20.2 Å². The van der Waals surface area contributed by atoms with Crippen LogP contribution in [0.25, 0.3) is 22.3 Å². The van der Waals surface area contributed by atoms with E-state index in [4.69, 9.17) is 0 Å². The molecule has 0 aliphatic carbocycles. The van der Waals surface area contributed by atoms with Crippen LogP contribution in [0.1, 0.15) is 0 Å². The van der Waals surface area contributed by atoms with Crippen LogP contribution in [0.3, 0.4) is 0 Å². The van der Waals surface area contributed by atoms with Gasteiger partial charge in [0, 0.05) is 12.1 Å². The van der Waals surface area contributed by atoms with Crippen LogP contribution in [0.2, 0.25) is 0 Å². The average molecular weight is 356 g/mol. The van der Waals surface area contributed by atoms with E-state index >= 15 is 0 Å². The maximum atomic E-state index is 13.7. The second-order valence-electron chi connectivity index (χ2n) is 5.42. The van der Waals surface area contributed by atoms with Gasteiger partial charge in [-0.1, -0.05) is 24.3 Å². The van der Waals surface area contributed by atoms with Gasteiger partial charge < -0.3 is 0 Å². The lowest BCUT2D eigenvalue weighted by atomic mass is 10.00. The molecule has 0 aliphatic heterocycles. The van der Waals surface area contributed by atoms with Crippen LogP contribution < -0.4 is 0 Å². The van der Waals surface area contributed by atoms with Crippen LogP contribution in [-0.2, 0) is 0 Å². The minimum absolute atomic E-state index is 0.453. The Morgan fingerprint density at radius 1 is 0.577 bits per heavy atom. The predicted octanol–water partition coefficient (Wildman–Crippen LogP) is 5.12. The van der Waals surface area contributed by atoms with Crippen molar-refractivity contribution >= 4 is 11.4 Å². The normalized spacial score (nSPS) is 10.5. The molecule has 0 heterocycles. The summed E-state index contributed by atoms with van der Waals surface area (Å²) in [4.78, 5) is 19.7. The van der Waals surface area contributed by atoms with Crippen LogP contribution in [0.15, 0.2) is 60.7 Å². The Hall–Kier alpha value is -3.68. The summed E-state index contributed by atoms with van der Waals surface area (Å²) in [7, 11) is 0. The maximum absolute atomic E-state index is 13.7. The first kappa shape index (κ1) is 17.2. The molecule has 0 amide bonds. The molecule has 0 N–H and O–H groups in total. The summed E-state index contributed by atoms with van der Waals surface area (Å²) >= 11 is 0. The van der Waals surface area contributed by atoms with E-state index in [-0.39, 0.29) is 0 Å². The topological polar surface area (TPSA) is 86.3 Å². The zero-order valence-corrected chi connectivity index (χ0v) is 13.1. The van der Waals surface area contributed by atoms with Gasteiger partial charge in [-0.15, -0.1) is 0 Å². The van der Waals surface area contributed by atoms with Gasteiger partial charge in [0.1, 0.15) is 0 Å². The van der Waals surface area contributed by atoms with E-state index in [1.54, 1.807) is 24.3 Å². The molecule has 26 heavy (non-hydrogen) atoms. The molecular formula is C18H10F2N2O4. The van der Waals surface area contributed by atoms with Gasteiger partial charge in [-0.25, -0.2) is 0 Å². The molecule has 130 valence electrons. The molecule has 0 spiro atoms. The van der Waals surface area contributed by atoms with Crippen molar-refractivity contribution < 1.29 is 18.6 Å². The quantitative estimate of drug-likeness (QED) is 0.480. The maximum Gasteiger partial charge on any atom is 0.304 e. The van der Waals surface area contributed by atoms with Crippen LogP contribution in [-0.4, -0.2) is 9.85 Å². The second-order valence-corrected chi connectivity index (χ2v) is 5.42. The van der Waals surface area contributed by atoms with Crippen molar-refractivity contribution in [2.24, 2.45) is 0 Å². The molecule has 0 aromatic heterocycles. The van der Waals surface area contributed by atoms with Crippen LogP contribution >= 0.6 is 0 Å². The van der Waals surface area contributed by atoms with E-state index < -0.39 is 32.9 Å². The molecule has 3 aromatic rings. The van der Waals surface area contributed by atoms with E-state index in [9.17, 15) is 29.0 Å². The van der Waals surface area contributed by atoms with Crippen LogP contribution in [0, 0.1) is 31.9 Å². The lowest BCUT2D eigenvalue weighted by Gasteiger charge is -2.06. The van der Waals surface area contributed by atoms with E-state index in [2.05, 4.69) is 0 Å². The van der Waals surface area contributed by atoms with Gasteiger partial charge in [0.2, 0.25) is 11.6 Å². The van der Waals surface area contributed by atoms with Gasteiger partial charge in [-0.2, -0.15) is 8.78 Å². The average Bonchev–Trinajstić information content (AvgIpc) is 2.61. The van der Waals surface area contributed by atoms with Gasteiger partial charge >= 0.3 is 11.4 Å². The number of nitrogens with zero attached hydrogens (tertiary/aromatic N) is 2. The minimum atomic E-state index is -0.936. The van der Waals surface area contributed by atoms with E-state index in [0.717, 1.165) is 24.3 Å². The van der Waals surface area contributed by atoms with E-state index in [1.165, 1.54) is 12.1 Å². The first-order chi connectivity index (χ1) is 12.4. The summed E-state index contributed by atoms with van der Waals surface area (Å²) in [5, 5.41) is 21.3. The summed E-state index contributed by atoms with van der Waals surface area (Å²) < 4.78 is 27.5. The molecular weight excluding hydrogens is 346 g/mol. The van der Waals surface area contributed by atoms with Crippen molar-refractivity contribution in [3.8, 4) is 22.3 Å². The third-order valence-electron chi connectivity index (χ3n) is 3.84. The Bertz CT molecular complexity index is 938. The number of hydrogen-bond donors (Lipinski definition) is 0. The van der Waals surface area contributed by atoms with E-state index in [1.807, 2.05) is 0 Å². The Kier molecular flexibility index (Phi) is 4.40. The summed E-state index contributed by atoms with van der Waals surface area (Å²) in [6.07, 6.45) is 0. The predicted molar refractivity (Wildman–Crippen MR) is 90.5 cm³/mol. The first-order valence-corrected chi connectivity index (χ1v) is 7.35. The molecule has 6 nitrogen and oxygen atoms in total. The van der Waals surface area contributed by atoms with Crippen molar-refractivity contribution in [2.45, 2.75) is 0 Å². The SMILES string of the molecule is O=[N+]([O-])c1ccc(-c2ccc(-c3ccc([N+](=O)[O-])c(F)c3)cc2)cc1F. The van der Waals surface area contributed by atoms with Crippen molar-refractivity contribution in [1.29, 1.82) is 0 Å². The van der Waals surface area contributed by atoms with Crippen LogP contribution in [0.5, 0.6) is 0 Å². The Labute approximate surface area is 145 Å². The number of benzene rings is 3. The fraction of sp³-hybridized carbons (Fsp3) is 0. The highest BCUT2D eigenvalue weighted by Crippen LogP contribution is 2.29. The summed E-state index contributed by atoms with van der Waals surface area (Å²) in [5.41, 5.74) is 0.928. The third-order valence-corrected chi connectivity index (χ3v) is 3.84. The van der Waals surface area contributed by atoms with Crippen molar-refractivity contribution in [2.75, 3.05) is 0 Å². The smallest absolute Gasteiger partial charge is 0.258 e. The largest absolute Gasteiger partial charge is 0.304 e. The highest BCUT2D eigenvalue weighted by atomic mass is 19.1. The first-order valence-electron chi connectivity index (χ1n) is 7.35. The summed E-state index contributed by atoms with van der Waals surface area (Å²) in [6, 6.07) is 13.8. The highest BCUT2D eigenvalue weighted by Gasteiger charge is 2.16. The van der Waals surface area contributed by atoms with Gasteiger partial charge in [0.25, 0.3) is 0 Å². The molecule has 0 bridgehead atoms. The minimum Gasteiger partial charge on any atom is -0.258 e. The zero-order valence-electron chi connectivity index (χ0n) is 13.1. The van der Waals surface area contributed by atoms with Crippen molar-refractivity contribution in [3.05, 3.63) is 92.5 Å². The lowest BCUT2D eigenvalue weighted by Crippen LogP contribution is -1.93. The number of halogens is 2. The number of nitro benzene ring substituents is 2. The molecule has 3 rings (SSSR count). The molecule has 0 aliphatic rings. The van der Waals surface area contributed by atoms with E-state index in [0.29, 0.717) is 22.3 Å². The lowest BCUT2D eigenvalue weighted by molar-refractivity contribution is -0.387. The molecule has 0 atom stereocenters. The van der Waals surface area contributed by atoms with Crippen molar-refractivity contribution in [3.63, 3.8) is 0 Å². The molecule has 3 aromatic carbocycles. The number of nitro groups is 2. The Balaban J connectivity index is 1.92. The van der Waals surface area contributed by atoms with Gasteiger partial charge in [0.15, 0.2) is 0 Å².